The van der Waals surface area contributed by atoms with E-state index in [9.17, 15) is 18.0 Å². The van der Waals surface area contributed by atoms with Gasteiger partial charge in [-0.3, -0.25) is 9.48 Å². The number of hydrogen-bond acceptors (Lipinski definition) is 2. The van der Waals surface area contributed by atoms with Crippen molar-refractivity contribution in [3.05, 3.63) is 42.0 Å². The molecule has 1 heterocycles. The van der Waals surface area contributed by atoms with Crippen LogP contribution in [0.25, 0.3) is 11.1 Å². The van der Waals surface area contributed by atoms with E-state index in [1.807, 2.05) is 0 Å². The highest BCUT2D eigenvalue weighted by molar-refractivity contribution is 5.67. The van der Waals surface area contributed by atoms with E-state index in [4.69, 9.17) is 5.11 Å². The SMILES string of the molecule is O=C(O)Cn1cc(-c2ccc(F)c(F)c2F)cn1. The van der Waals surface area contributed by atoms with Crippen LogP contribution in [0.4, 0.5) is 13.2 Å². The zero-order valence-corrected chi connectivity index (χ0v) is 8.90. The van der Waals surface area contributed by atoms with Crippen molar-refractivity contribution in [2.45, 2.75) is 6.54 Å². The van der Waals surface area contributed by atoms with Gasteiger partial charge in [-0.1, -0.05) is 0 Å². The van der Waals surface area contributed by atoms with E-state index in [2.05, 4.69) is 5.10 Å². The van der Waals surface area contributed by atoms with E-state index in [0.717, 1.165) is 16.8 Å². The van der Waals surface area contributed by atoms with Crippen molar-refractivity contribution in [1.82, 2.24) is 9.78 Å². The van der Waals surface area contributed by atoms with Crippen LogP contribution >= 0.6 is 0 Å². The maximum Gasteiger partial charge on any atom is 0.325 e. The highest BCUT2D eigenvalue weighted by atomic mass is 19.2. The van der Waals surface area contributed by atoms with Gasteiger partial charge in [0.05, 0.1) is 6.20 Å². The van der Waals surface area contributed by atoms with Gasteiger partial charge in [-0.25, -0.2) is 13.2 Å². The highest BCUT2D eigenvalue weighted by Crippen LogP contribution is 2.25. The lowest BCUT2D eigenvalue weighted by molar-refractivity contribution is -0.137. The topological polar surface area (TPSA) is 55.1 Å². The third kappa shape index (κ3) is 2.20. The smallest absolute Gasteiger partial charge is 0.325 e. The van der Waals surface area contributed by atoms with E-state index in [-0.39, 0.29) is 11.1 Å². The first-order valence-corrected chi connectivity index (χ1v) is 4.87. The number of aromatic nitrogens is 2. The lowest BCUT2D eigenvalue weighted by atomic mass is 10.1. The predicted octanol–water partition coefficient (Wildman–Crippen LogP) is 2.05. The van der Waals surface area contributed by atoms with Gasteiger partial charge in [0.25, 0.3) is 0 Å². The van der Waals surface area contributed by atoms with Crippen LogP contribution in [0.1, 0.15) is 0 Å². The first-order valence-electron chi connectivity index (χ1n) is 4.87. The van der Waals surface area contributed by atoms with Crippen molar-refractivity contribution in [2.75, 3.05) is 0 Å². The van der Waals surface area contributed by atoms with Crippen LogP contribution in [0.3, 0.4) is 0 Å². The summed E-state index contributed by atoms with van der Waals surface area (Å²) < 4.78 is 40.3. The first kappa shape index (κ1) is 12.2. The summed E-state index contributed by atoms with van der Waals surface area (Å²) in [4.78, 5) is 10.4. The Morgan fingerprint density at radius 1 is 1.28 bits per heavy atom. The van der Waals surface area contributed by atoms with Crippen LogP contribution in [-0.2, 0) is 11.3 Å². The van der Waals surface area contributed by atoms with E-state index >= 15 is 0 Å². The summed E-state index contributed by atoms with van der Waals surface area (Å²) in [6.45, 7) is -0.398. The Balaban J connectivity index is 2.40. The standard InChI is InChI=1S/C11H7F3N2O2/c12-8-2-1-7(10(13)11(8)14)6-3-15-16(4-6)5-9(17)18/h1-4H,5H2,(H,17,18). The van der Waals surface area contributed by atoms with Crippen LogP contribution < -0.4 is 0 Å². The lowest BCUT2D eigenvalue weighted by Crippen LogP contribution is -2.08. The van der Waals surface area contributed by atoms with Gasteiger partial charge in [-0.05, 0) is 12.1 Å². The van der Waals surface area contributed by atoms with Gasteiger partial charge in [-0.2, -0.15) is 5.10 Å². The molecule has 0 saturated carbocycles. The van der Waals surface area contributed by atoms with Gasteiger partial charge in [0.1, 0.15) is 6.54 Å². The molecule has 18 heavy (non-hydrogen) atoms. The van der Waals surface area contributed by atoms with Gasteiger partial charge in [-0.15, -0.1) is 0 Å². The largest absolute Gasteiger partial charge is 0.480 e. The molecule has 1 N–H and O–H groups in total. The molecular weight excluding hydrogens is 249 g/mol. The fraction of sp³-hybridized carbons (Fsp3) is 0.0909. The number of aliphatic carboxylic acids is 1. The molecule has 7 heteroatoms. The molecule has 4 nitrogen and oxygen atoms in total. The number of carboxylic acids is 1. The molecule has 0 bridgehead atoms. The van der Waals surface area contributed by atoms with E-state index in [0.29, 0.717) is 0 Å². The Hall–Kier alpha value is -2.31. The summed E-state index contributed by atoms with van der Waals surface area (Å²) in [7, 11) is 0. The van der Waals surface area contributed by atoms with Gasteiger partial charge in [0.15, 0.2) is 17.5 Å². The number of carbonyl (C=O) groups is 1. The minimum atomic E-state index is -1.57. The maximum absolute atomic E-state index is 13.5. The Morgan fingerprint density at radius 3 is 2.67 bits per heavy atom. The van der Waals surface area contributed by atoms with Crippen molar-refractivity contribution >= 4 is 5.97 Å². The van der Waals surface area contributed by atoms with E-state index in [1.165, 1.54) is 12.4 Å². The Bertz CT molecular complexity index is 610. The molecule has 1 aromatic carbocycles. The van der Waals surface area contributed by atoms with Gasteiger partial charge in [0, 0.05) is 17.3 Å². The van der Waals surface area contributed by atoms with Crippen LogP contribution in [-0.4, -0.2) is 20.9 Å². The van der Waals surface area contributed by atoms with Crippen LogP contribution in [0.2, 0.25) is 0 Å². The maximum atomic E-state index is 13.5. The minimum Gasteiger partial charge on any atom is -0.480 e. The Morgan fingerprint density at radius 2 is 2.00 bits per heavy atom. The molecule has 0 amide bonds. The molecule has 0 saturated heterocycles. The highest BCUT2D eigenvalue weighted by Gasteiger charge is 2.16. The second-order valence-electron chi connectivity index (χ2n) is 3.54. The zero-order chi connectivity index (χ0) is 13.3. The molecule has 0 radical (unpaired) electrons. The molecule has 0 aliphatic rings. The molecule has 2 rings (SSSR count). The average molecular weight is 256 g/mol. The lowest BCUT2D eigenvalue weighted by Gasteiger charge is -2.01. The third-order valence-electron chi connectivity index (χ3n) is 2.28. The Kier molecular flexibility index (Phi) is 3.05. The molecular formula is C11H7F3N2O2. The first-order chi connectivity index (χ1) is 8.49. The zero-order valence-electron chi connectivity index (χ0n) is 8.90. The summed E-state index contributed by atoms with van der Waals surface area (Å²) in [6.07, 6.45) is 2.42. The molecule has 0 fully saturated rings. The van der Waals surface area contributed by atoms with Crippen molar-refractivity contribution < 1.29 is 23.1 Å². The fourth-order valence-electron chi connectivity index (χ4n) is 1.48. The van der Waals surface area contributed by atoms with Gasteiger partial charge in [0.2, 0.25) is 0 Å². The second-order valence-corrected chi connectivity index (χ2v) is 3.54. The summed E-state index contributed by atoms with van der Waals surface area (Å²) >= 11 is 0. The summed E-state index contributed by atoms with van der Waals surface area (Å²) in [6, 6.07) is 1.86. The number of benzene rings is 1. The summed E-state index contributed by atoms with van der Waals surface area (Å²) in [5, 5.41) is 12.2. The van der Waals surface area contributed by atoms with Crippen molar-refractivity contribution in [3.8, 4) is 11.1 Å². The number of rotatable bonds is 3. The molecule has 1 aromatic heterocycles. The van der Waals surface area contributed by atoms with Crippen molar-refractivity contribution in [1.29, 1.82) is 0 Å². The normalized spacial score (nSPS) is 10.6. The number of halogens is 3. The Labute approximate surface area is 99.3 Å². The van der Waals surface area contributed by atoms with Crippen molar-refractivity contribution in [3.63, 3.8) is 0 Å². The molecule has 0 aliphatic heterocycles. The summed E-state index contributed by atoms with van der Waals surface area (Å²) in [5.41, 5.74) is -0.00168. The minimum absolute atomic E-state index is 0.174. The number of nitrogens with zero attached hydrogens (tertiary/aromatic N) is 2. The molecule has 94 valence electrons. The van der Waals surface area contributed by atoms with E-state index in [1.54, 1.807) is 0 Å². The molecule has 2 aromatic rings. The van der Waals surface area contributed by atoms with Crippen LogP contribution in [0.15, 0.2) is 24.5 Å². The average Bonchev–Trinajstić information content (AvgIpc) is 2.73. The molecule has 0 spiro atoms. The summed E-state index contributed by atoms with van der Waals surface area (Å²) in [5.74, 6) is -5.30. The molecule has 0 aliphatic carbocycles. The number of carboxylic acid groups (broad SMARTS) is 1. The third-order valence-corrected chi connectivity index (χ3v) is 2.28. The van der Waals surface area contributed by atoms with Crippen LogP contribution in [0, 0.1) is 17.5 Å². The quantitative estimate of drug-likeness (QED) is 0.855. The molecule has 0 unspecified atom stereocenters. The fourth-order valence-corrected chi connectivity index (χ4v) is 1.48. The van der Waals surface area contributed by atoms with Crippen LogP contribution in [0.5, 0.6) is 0 Å². The van der Waals surface area contributed by atoms with Gasteiger partial charge < -0.3 is 5.11 Å². The predicted molar refractivity (Wildman–Crippen MR) is 55.2 cm³/mol. The molecule has 0 atom stereocenters. The number of hydrogen-bond donors (Lipinski definition) is 1. The monoisotopic (exact) mass is 256 g/mol. The van der Waals surface area contributed by atoms with E-state index < -0.39 is 30.0 Å². The van der Waals surface area contributed by atoms with Gasteiger partial charge >= 0.3 is 5.97 Å². The van der Waals surface area contributed by atoms with Crippen molar-refractivity contribution in [2.24, 2.45) is 0 Å². The second kappa shape index (κ2) is 4.52.